The summed E-state index contributed by atoms with van der Waals surface area (Å²) in [7, 11) is 0. The number of aromatic carboxylic acids is 1. The molecule has 2 rings (SSSR count). The zero-order valence-electron chi connectivity index (χ0n) is 9.93. The van der Waals surface area contributed by atoms with Gasteiger partial charge in [-0.1, -0.05) is 13.3 Å². The standard InChI is InChI=1S/C13H17NO3/c1-9-4-2-3-5-11(9)17-12-8-10(13(15)16)6-7-14-12/h6-9,11H,2-5H2,1H3,(H,15,16)/t9-,11-/m0/s1. The Morgan fingerprint density at radius 2 is 2.24 bits per heavy atom. The van der Waals surface area contributed by atoms with Gasteiger partial charge in [-0.2, -0.15) is 0 Å². The number of hydrogen-bond acceptors (Lipinski definition) is 3. The van der Waals surface area contributed by atoms with E-state index in [9.17, 15) is 4.79 Å². The van der Waals surface area contributed by atoms with Gasteiger partial charge in [-0.15, -0.1) is 0 Å². The lowest BCUT2D eigenvalue weighted by molar-refractivity contribution is 0.0693. The fourth-order valence-electron chi connectivity index (χ4n) is 2.22. The van der Waals surface area contributed by atoms with Crippen LogP contribution in [0.1, 0.15) is 43.0 Å². The summed E-state index contributed by atoms with van der Waals surface area (Å²) >= 11 is 0. The first-order valence-corrected chi connectivity index (χ1v) is 6.03. The summed E-state index contributed by atoms with van der Waals surface area (Å²) in [5.41, 5.74) is 0.221. The number of pyridine rings is 1. The first-order valence-electron chi connectivity index (χ1n) is 6.03. The summed E-state index contributed by atoms with van der Waals surface area (Å²) < 4.78 is 5.78. The molecule has 1 fully saturated rings. The molecule has 4 heteroatoms. The van der Waals surface area contributed by atoms with Crippen LogP contribution in [0, 0.1) is 5.92 Å². The fourth-order valence-corrected chi connectivity index (χ4v) is 2.22. The van der Waals surface area contributed by atoms with Crippen LogP contribution in [0.15, 0.2) is 18.3 Å². The van der Waals surface area contributed by atoms with Crippen LogP contribution in [-0.2, 0) is 0 Å². The molecular weight excluding hydrogens is 218 g/mol. The third-order valence-electron chi connectivity index (χ3n) is 3.29. The van der Waals surface area contributed by atoms with E-state index in [-0.39, 0.29) is 11.7 Å². The Hall–Kier alpha value is -1.58. The Bertz CT molecular complexity index is 405. The third-order valence-corrected chi connectivity index (χ3v) is 3.29. The van der Waals surface area contributed by atoms with Crippen molar-refractivity contribution in [2.24, 2.45) is 5.92 Å². The Labute approximate surface area is 101 Å². The van der Waals surface area contributed by atoms with Gasteiger partial charge in [0.1, 0.15) is 6.10 Å². The molecule has 0 aliphatic heterocycles. The molecule has 1 aromatic heterocycles. The van der Waals surface area contributed by atoms with Crippen molar-refractivity contribution in [3.8, 4) is 5.88 Å². The lowest BCUT2D eigenvalue weighted by atomic mass is 9.88. The summed E-state index contributed by atoms with van der Waals surface area (Å²) in [6.07, 6.45) is 6.27. The Balaban J connectivity index is 2.07. The molecule has 0 saturated heterocycles. The normalized spacial score (nSPS) is 24.3. The van der Waals surface area contributed by atoms with Gasteiger partial charge in [-0.05, 0) is 31.2 Å². The maximum Gasteiger partial charge on any atom is 0.335 e. The van der Waals surface area contributed by atoms with Crippen LogP contribution in [0.3, 0.4) is 0 Å². The summed E-state index contributed by atoms with van der Waals surface area (Å²) in [4.78, 5) is 14.9. The number of rotatable bonds is 3. The van der Waals surface area contributed by atoms with Crippen molar-refractivity contribution in [1.82, 2.24) is 4.98 Å². The molecule has 92 valence electrons. The molecule has 0 unspecified atom stereocenters. The monoisotopic (exact) mass is 235 g/mol. The second kappa shape index (κ2) is 5.17. The van der Waals surface area contributed by atoms with E-state index in [2.05, 4.69) is 11.9 Å². The third kappa shape index (κ3) is 2.96. The fraction of sp³-hybridized carbons (Fsp3) is 0.538. The molecule has 0 amide bonds. The van der Waals surface area contributed by atoms with Crippen LogP contribution in [0.5, 0.6) is 5.88 Å². The van der Waals surface area contributed by atoms with Crippen LogP contribution < -0.4 is 4.74 Å². The number of carboxylic acid groups (broad SMARTS) is 1. The molecule has 0 aromatic carbocycles. The first-order chi connectivity index (χ1) is 8.16. The summed E-state index contributed by atoms with van der Waals surface area (Å²) in [6.45, 7) is 2.17. The van der Waals surface area contributed by atoms with Crippen LogP contribution in [0.2, 0.25) is 0 Å². The number of carbonyl (C=O) groups is 1. The van der Waals surface area contributed by atoms with Crippen molar-refractivity contribution in [3.05, 3.63) is 23.9 Å². The molecular formula is C13H17NO3. The molecule has 1 N–H and O–H groups in total. The Morgan fingerprint density at radius 3 is 2.94 bits per heavy atom. The van der Waals surface area contributed by atoms with E-state index in [1.807, 2.05) is 0 Å². The molecule has 0 radical (unpaired) electrons. The summed E-state index contributed by atoms with van der Waals surface area (Å²) in [6, 6.07) is 2.96. The van der Waals surface area contributed by atoms with E-state index in [0.717, 1.165) is 6.42 Å². The highest BCUT2D eigenvalue weighted by Gasteiger charge is 2.23. The average molecular weight is 235 g/mol. The molecule has 1 aliphatic rings. The minimum atomic E-state index is -0.950. The van der Waals surface area contributed by atoms with Crippen molar-refractivity contribution >= 4 is 5.97 Å². The van der Waals surface area contributed by atoms with Crippen LogP contribution in [-0.4, -0.2) is 22.2 Å². The molecule has 0 bridgehead atoms. The molecule has 2 atom stereocenters. The van der Waals surface area contributed by atoms with E-state index in [1.165, 1.54) is 37.6 Å². The van der Waals surface area contributed by atoms with Crippen LogP contribution in [0.25, 0.3) is 0 Å². The van der Waals surface area contributed by atoms with Gasteiger partial charge in [0.2, 0.25) is 5.88 Å². The van der Waals surface area contributed by atoms with Crippen molar-refractivity contribution in [3.63, 3.8) is 0 Å². The lowest BCUT2D eigenvalue weighted by Crippen LogP contribution is -2.28. The van der Waals surface area contributed by atoms with Crippen LogP contribution in [0.4, 0.5) is 0 Å². The van der Waals surface area contributed by atoms with Gasteiger partial charge in [0, 0.05) is 12.3 Å². The second-order valence-corrected chi connectivity index (χ2v) is 4.61. The minimum absolute atomic E-state index is 0.167. The van der Waals surface area contributed by atoms with Gasteiger partial charge in [0.25, 0.3) is 0 Å². The highest BCUT2D eigenvalue weighted by atomic mass is 16.5. The van der Waals surface area contributed by atoms with Gasteiger partial charge in [-0.25, -0.2) is 9.78 Å². The molecule has 1 aromatic rings. The van der Waals surface area contributed by atoms with Gasteiger partial charge < -0.3 is 9.84 Å². The smallest absolute Gasteiger partial charge is 0.335 e. The molecule has 17 heavy (non-hydrogen) atoms. The number of carboxylic acids is 1. The predicted molar refractivity (Wildman–Crippen MR) is 63.2 cm³/mol. The number of aromatic nitrogens is 1. The minimum Gasteiger partial charge on any atom is -0.478 e. The predicted octanol–water partition coefficient (Wildman–Crippen LogP) is 2.74. The number of hydrogen-bond donors (Lipinski definition) is 1. The van der Waals surface area contributed by atoms with E-state index < -0.39 is 5.97 Å². The number of nitrogens with zero attached hydrogens (tertiary/aromatic N) is 1. The molecule has 0 spiro atoms. The molecule has 1 heterocycles. The SMILES string of the molecule is C[C@H]1CCCC[C@@H]1Oc1cc(C(=O)O)ccn1. The zero-order chi connectivity index (χ0) is 12.3. The van der Waals surface area contributed by atoms with Gasteiger partial charge in [0.15, 0.2) is 0 Å². The maximum absolute atomic E-state index is 10.8. The topological polar surface area (TPSA) is 59.4 Å². The number of ether oxygens (including phenoxy) is 1. The van der Waals surface area contributed by atoms with Gasteiger partial charge in [-0.3, -0.25) is 0 Å². The highest BCUT2D eigenvalue weighted by Crippen LogP contribution is 2.27. The van der Waals surface area contributed by atoms with E-state index >= 15 is 0 Å². The van der Waals surface area contributed by atoms with E-state index in [4.69, 9.17) is 9.84 Å². The van der Waals surface area contributed by atoms with Crippen molar-refractivity contribution < 1.29 is 14.6 Å². The molecule has 4 nitrogen and oxygen atoms in total. The van der Waals surface area contributed by atoms with E-state index in [0.29, 0.717) is 11.8 Å². The summed E-state index contributed by atoms with van der Waals surface area (Å²) in [5, 5.41) is 8.88. The maximum atomic E-state index is 10.8. The van der Waals surface area contributed by atoms with Crippen molar-refractivity contribution in [2.75, 3.05) is 0 Å². The van der Waals surface area contributed by atoms with E-state index in [1.54, 1.807) is 0 Å². The van der Waals surface area contributed by atoms with Crippen molar-refractivity contribution in [2.45, 2.75) is 38.7 Å². The second-order valence-electron chi connectivity index (χ2n) is 4.61. The van der Waals surface area contributed by atoms with Crippen LogP contribution >= 0.6 is 0 Å². The Kier molecular flexibility index (Phi) is 3.61. The largest absolute Gasteiger partial charge is 0.478 e. The lowest BCUT2D eigenvalue weighted by Gasteiger charge is -2.28. The average Bonchev–Trinajstić information content (AvgIpc) is 2.32. The molecule has 1 saturated carbocycles. The summed E-state index contributed by atoms with van der Waals surface area (Å²) in [5.74, 6) is -0.0170. The zero-order valence-corrected chi connectivity index (χ0v) is 9.93. The quantitative estimate of drug-likeness (QED) is 0.875. The Morgan fingerprint density at radius 1 is 1.47 bits per heavy atom. The van der Waals surface area contributed by atoms with Gasteiger partial charge >= 0.3 is 5.97 Å². The van der Waals surface area contributed by atoms with Crippen molar-refractivity contribution in [1.29, 1.82) is 0 Å². The first kappa shape index (κ1) is 11.9. The molecule has 1 aliphatic carbocycles. The van der Waals surface area contributed by atoms with Gasteiger partial charge in [0.05, 0.1) is 5.56 Å². The highest BCUT2D eigenvalue weighted by molar-refractivity contribution is 5.87.